The van der Waals surface area contributed by atoms with Gasteiger partial charge in [0.2, 0.25) is 12.7 Å². The predicted octanol–water partition coefficient (Wildman–Crippen LogP) is 2.85. The summed E-state index contributed by atoms with van der Waals surface area (Å²) in [6, 6.07) is 13.9. The highest BCUT2D eigenvalue weighted by molar-refractivity contribution is 5.90. The third kappa shape index (κ3) is 3.10. The van der Waals surface area contributed by atoms with Crippen LogP contribution in [-0.2, 0) is 0 Å². The van der Waals surface area contributed by atoms with Gasteiger partial charge in [0.15, 0.2) is 11.5 Å². The van der Waals surface area contributed by atoms with Crippen LogP contribution in [0.5, 0.6) is 11.5 Å². The number of fused-ring (bicyclic) bond motifs is 2. The molecule has 0 saturated carbocycles. The van der Waals surface area contributed by atoms with Crippen LogP contribution in [0.15, 0.2) is 42.5 Å². The molecule has 3 heterocycles. The van der Waals surface area contributed by atoms with Gasteiger partial charge in [0.1, 0.15) is 5.82 Å². The number of anilines is 3. The Morgan fingerprint density at radius 3 is 2.63 bits per heavy atom. The fourth-order valence-corrected chi connectivity index (χ4v) is 3.48. The van der Waals surface area contributed by atoms with Crippen molar-refractivity contribution in [3.05, 3.63) is 42.5 Å². The second-order valence-electron chi connectivity index (χ2n) is 6.87. The van der Waals surface area contributed by atoms with Gasteiger partial charge in [-0.2, -0.15) is 4.98 Å². The van der Waals surface area contributed by atoms with E-state index in [9.17, 15) is 0 Å². The first-order valence-corrected chi connectivity index (χ1v) is 9.13. The largest absolute Gasteiger partial charge is 0.454 e. The van der Waals surface area contributed by atoms with Crippen LogP contribution in [0.2, 0.25) is 0 Å². The molecule has 0 amide bonds. The summed E-state index contributed by atoms with van der Waals surface area (Å²) in [5.41, 5.74) is 1.81. The van der Waals surface area contributed by atoms with E-state index in [0.717, 1.165) is 60.1 Å². The number of benzene rings is 2. The zero-order valence-corrected chi connectivity index (χ0v) is 15.2. The molecule has 7 heteroatoms. The number of hydrogen-bond acceptors (Lipinski definition) is 7. The molecule has 0 bridgehead atoms. The summed E-state index contributed by atoms with van der Waals surface area (Å²) in [6.45, 7) is 4.24. The van der Waals surface area contributed by atoms with Gasteiger partial charge in [0.25, 0.3) is 0 Å². The number of piperazine rings is 1. The number of para-hydroxylation sites is 1. The highest BCUT2D eigenvalue weighted by atomic mass is 16.7. The van der Waals surface area contributed by atoms with Crippen molar-refractivity contribution in [2.75, 3.05) is 50.2 Å². The Bertz CT molecular complexity index is 985. The van der Waals surface area contributed by atoms with Gasteiger partial charge < -0.3 is 24.6 Å². The highest BCUT2D eigenvalue weighted by Gasteiger charge is 2.19. The summed E-state index contributed by atoms with van der Waals surface area (Å²) < 4.78 is 10.8. The molecular weight excluding hydrogens is 342 g/mol. The molecule has 3 aromatic rings. The SMILES string of the molecule is CN1CCN(c2nc(Nc3ccc4c(c3)OCO4)nc3ccccc23)CC1. The maximum Gasteiger partial charge on any atom is 0.231 e. The number of ether oxygens (including phenoxy) is 2. The first kappa shape index (κ1) is 16.1. The Morgan fingerprint density at radius 2 is 1.74 bits per heavy atom. The molecule has 2 aliphatic rings. The third-order valence-electron chi connectivity index (χ3n) is 5.01. The molecule has 1 saturated heterocycles. The number of likely N-dealkylation sites (N-methyl/N-ethyl adjacent to an activating group) is 1. The van der Waals surface area contributed by atoms with Gasteiger partial charge in [-0.05, 0) is 31.3 Å². The van der Waals surface area contributed by atoms with Gasteiger partial charge in [-0.25, -0.2) is 4.98 Å². The standard InChI is InChI=1S/C20H21N5O2/c1-24-8-10-25(11-9-24)19-15-4-2-3-5-16(15)22-20(23-19)21-14-6-7-17-18(12-14)27-13-26-17/h2-7,12H,8-11,13H2,1H3,(H,21,22,23). The van der Waals surface area contributed by atoms with Gasteiger partial charge in [-0.3, -0.25) is 0 Å². The fourth-order valence-electron chi connectivity index (χ4n) is 3.48. The summed E-state index contributed by atoms with van der Waals surface area (Å²) in [6.07, 6.45) is 0. The van der Waals surface area contributed by atoms with Crippen LogP contribution in [0.25, 0.3) is 10.9 Å². The van der Waals surface area contributed by atoms with Crippen molar-refractivity contribution in [1.29, 1.82) is 0 Å². The molecule has 0 unspecified atom stereocenters. The average molecular weight is 363 g/mol. The molecule has 5 rings (SSSR count). The summed E-state index contributed by atoms with van der Waals surface area (Å²) in [7, 11) is 2.15. The van der Waals surface area contributed by atoms with Crippen LogP contribution < -0.4 is 19.7 Å². The van der Waals surface area contributed by atoms with Crippen molar-refractivity contribution in [2.24, 2.45) is 0 Å². The number of nitrogens with zero attached hydrogens (tertiary/aromatic N) is 4. The molecule has 2 aliphatic heterocycles. The van der Waals surface area contributed by atoms with Crippen molar-refractivity contribution in [1.82, 2.24) is 14.9 Å². The lowest BCUT2D eigenvalue weighted by Crippen LogP contribution is -2.45. The lowest BCUT2D eigenvalue weighted by atomic mass is 10.2. The van der Waals surface area contributed by atoms with Gasteiger partial charge >= 0.3 is 0 Å². The molecule has 1 aromatic heterocycles. The third-order valence-corrected chi connectivity index (χ3v) is 5.01. The molecular formula is C20H21N5O2. The van der Waals surface area contributed by atoms with Crippen molar-refractivity contribution in [3.63, 3.8) is 0 Å². The molecule has 1 fully saturated rings. The van der Waals surface area contributed by atoms with Crippen molar-refractivity contribution in [2.45, 2.75) is 0 Å². The van der Waals surface area contributed by atoms with Crippen LogP contribution in [0.4, 0.5) is 17.5 Å². The first-order valence-electron chi connectivity index (χ1n) is 9.13. The van der Waals surface area contributed by atoms with Crippen molar-refractivity contribution < 1.29 is 9.47 Å². The summed E-state index contributed by atoms with van der Waals surface area (Å²) in [4.78, 5) is 14.2. The number of rotatable bonds is 3. The molecule has 138 valence electrons. The molecule has 0 radical (unpaired) electrons. The minimum Gasteiger partial charge on any atom is -0.454 e. The zero-order valence-electron chi connectivity index (χ0n) is 15.2. The maximum atomic E-state index is 5.46. The van der Waals surface area contributed by atoms with E-state index >= 15 is 0 Å². The van der Waals surface area contributed by atoms with E-state index in [1.54, 1.807) is 0 Å². The average Bonchev–Trinajstić information content (AvgIpc) is 3.16. The minimum atomic E-state index is 0.263. The lowest BCUT2D eigenvalue weighted by Gasteiger charge is -2.33. The molecule has 0 atom stereocenters. The Hall–Kier alpha value is -3.06. The van der Waals surface area contributed by atoms with E-state index in [1.165, 1.54) is 0 Å². The second-order valence-corrected chi connectivity index (χ2v) is 6.87. The quantitative estimate of drug-likeness (QED) is 0.768. The molecule has 7 nitrogen and oxygen atoms in total. The van der Waals surface area contributed by atoms with Crippen LogP contribution in [0, 0.1) is 0 Å². The molecule has 0 aliphatic carbocycles. The Labute approximate surface area is 157 Å². The topological polar surface area (TPSA) is 62.8 Å². The van der Waals surface area contributed by atoms with Gasteiger partial charge in [-0.1, -0.05) is 12.1 Å². The molecule has 0 spiro atoms. The smallest absolute Gasteiger partial charge is 0.231 e. The van der Waals surface area contributed by atoms with Crippen molar-refractivity contribution in [3.8, 4) is 11.5 Å². The molecule has 2 aromatic carbocycles. The predicted molar refractivity (Wildman–Crippen MR) is 105 cm³/mol. The number of aromatic nitrogens is 2. The first-order chi connectivity index (χ1) is 13.3. The van der Waals surface area contributed by atoms with E-state index in [0.29, 0.717) is 5.95 Å². The number of hydrogen-bond donors (Lipinski definition) is 1. The van der Waals surface area contributed by atoms with Crippen LogP contribution in [0.1, 0.15) is 0 Å². The van der Waals surface area contributed by atoms with Gasteiger partial charge in [0.05, 0.1) is 5.52 Å². The summed E-state index contributed by atoms with van der Waals surface area (Å²) >= 11 is 0. The van der Waals surface area contributed by atoms with E-state index in [2.05, 4.69) is 28.2 Å². The van der Waals surface area contributed by atoms with E-state index < -0.39 is 0 Å². The molecule has 27 heavy (non-hydrogen) atoms. The van der Waals surface area contributed by atoms with Crippen LogP contribution in [0.3, 0.4) is 0 Å². The second kappa shape index (κ2) is 6.59. The van der Waals surface area contributed by atoms with Crippen molar-refractivity contribution >= 4 is 28.4 Å². The van der Waals surface area contributed by atoms with Gasteiger partial charge in [0, 0.05) is 43.3 Å². The fraction of sp³-hybridized carbons (Fsp3) is 0.300. The normalized spacial score (nSPS) is 16.7. The van der Waals surface area contributed by atoms with Crippen LogP contribution >= 0.6 is 0 Å². The Kier molecular flexibility index (Phi) is 3.94. The minimum absolute atomic E-state index is 0.263. The maximum absolute atomic E-state index is 5.46. The highest BCUT2D eigenvalue weighted by Crippen LogP contribution is 2.35. The monoisotopic (exact) mass is 363 g/mol. The van der Waals surface area contributed by atoms with Gasteiger partial charge in [-0.15, -0.1) is 0 Å². The summed E-state index contributed by atoms with van der Waals surface area (Å²) in [5, 5.41) is 4.40. The van der Waals surface area contributed by atoms with E-state index in [1.807, 2.05) is 36.4 Å². The summed E-state index contributed by atoms with van der Waals surface area (Å²) in [5.74, 6) is 3.07. The van der Waals surface area contributed by atoms with Crippen LogP contribution in [-0.4, -0.2) is 54.9 Å². The zero-order chi connectivity index (χ0) is 18.2. The Balaban J connectivity index is 1.51. The number of nitrogens with one attached hydrogen (secondary N) is 1. The van der Waals surface area contributed by atoms with E-state index in [-0.39, 0.29) is 6.79 Å². The lowest BCUT2D eigenvalue weighted by molar-refractivity contribution is 0.174. The van der Waals surface area contributed by atoms with E-state index in [4.69, 9.17) is 19.4 Å². The molecule has 1 N–H and O–H groups in total. The Morgan fingerprint density at radius 1 is 0.926 bits per heavy atom.